The molecule has 4 rings (SSSR count). The first kappa shape index (κ1) is 27.3. The second-order valence-electron chi connectivity index (χ2n) is 9.37. The molecule has 10 heteroatoms. The molecule has 0 spiro atoms. The minimum absolute atomic E-state index is 0.131. The number of fused-ring (bicyclic) bond motifs is 1. The molecule has 3 heterocycles. The van der Waals surface area contributed by atoms with E-state index in [0.29, 0.717) is 60.1 Å². The molecular formula is C27H34FN5O3S. The van der Waals surface area contributed by atoms with Gasteiger partial charge in [-0.05, 0) is 74.7 Å². The van der Waals surface area contributed by atoms with Crippen molar-refractivity contribution in [2.75, 3.05) is 32.5 Å². The summed E-state index contributed by atoms with van der Waals surface area (Å²) in [6.07, 6.45) is 3.61. The number of likely N-dealkylation sites (tertiary alicyclic amines) is 1. The third-order valence-electron chi connectivity index (χ3n) is 7.30. The van der Waals surface area contributed by atoms with Gasteiger partial charge in [-0.1, -0.05) is 6.07 Å². The lowest BCUT2D eigenvalue weighted by Gasteiger charge is -2.40. The van der Waals surface area contributed by atoms with Gasteiger partial charge in [-0.3, -0.25) is 15.0 Å². The van der Waals surface area contributed by atoms with Crippen molar-refractivity contribution in [1.82, 2.24) is 20.3 Å². The topological polar surface area (TPSA) is 114 Å². The van der Waals surface area contributed by atoms with E-state index in [9.17, 15) is 10.0 Å². The molecule has 1 atom stereocenters. The van der Waals surface area contributed by atoms with E-state index in [-0.39, 0.29) is 13.0 Å². The van der Waals surface area contributed by atoms with Crippen LogP contribution in [0.2, 0.25) is 0 Å². The van der Waals surface area contributed by atoms with Crippen LogP contribution in [0.5, 0.6) is 5.75 Å². The maximum Gasteiger partial charge on any atom is 0.249 e. The van der Waals surface area contributed by atoms with Crippen LogP contribution in [-0.2, 0) is 11.3 Å². The highest BCUT2D eigenvalue weighted by Crippen LogP contribution is 2.41. The summed E-state index contributed by atoms with van der Waals surface area (Å²) in [5, 5.41) is 11.1. The Morgan fingerprint density at radius 2 is 2.11 bits per heavy atom. The van der Waals surface area contributed by atoms with Gasteiger partial charge in [0.1, 0.15) is 11.9 Å². The summed E-state index contributed by atoms with van der Waals surface area (Å²) in [5.41, 5.74) is 8.74. The first-order valence-corrected chi connectivity index (χ1v) is 13.5. The minimum atomic E-state index is -1.34. The standard InChI is InChI=1S/C27H34FN5O3S/c1-36-20-5-6-23-21(16-20)25(19(17-29)18-31-23)22(28)7-8-27(26(34)32-35)9-12-33(13-10-27)14-15-37-24-4-2-3-11-30-24/h2-6,11,16,18,22,35H,7-10,12-15,17,29H2,1H3,(H,32,34)/t22-/m1/s1. The molecule has 1 fully saturated rings. The average Bonchev–Trinajstić information content (AvgIpc) is 2.95. The van der Waals surface area contributed by atoms with Crippen molar-refractivity contribution in [3.8, 4) is 5.75 Å². The van der Waals surface area contributed by atoms with Gasteiger partial charge in [-0.15, -0.1) is 11.8 Å². The first-order valence-electron chi connectivity index (χ1n) is 12.5. The van der Waals surface area contributed by atoms with Crippen molar-refractivity contribution in [1.29, 1.82) is 0 Å². The molecule has 1 aliphatic heterocycles. The smallest absolute Gasteiger partial charge is 0.249 e. The summed E-state index contributed by atoms with van der Waals surface area (Å²) in [7, 11) is 1.56. The molecule has 3 aromatic rings. The predicted octanol–water partition coefficient (Wildman–Crippen LogP) is 4.27. The number of nitrogens with zero attached hydrogens (tertiary/aromatic N) is 3. The maximum absolute atomic E-state index is 15.9. The van der Waals surface area contributed by atoms with Crippen molar-refractivity contribution in [3.63, 3.8) is 0 Å². The number of pyridine rings is 2. The fraction of sp³-hybridized carbons (Fsp3) is 0.444. The fourth-order valence-electron chi connectivity index (χ4n) is 5.07. The van der Waals surface area contributed by atoms with Crippen LogP contribution in [0.15, 0.2) is 53.8 Å². The highest BCUT2D eigenvalue weighted by molar-refractivity contribution is 7.99. The first-order chi connectivity index (χ1) is 18.0. The van der Waals surface area contributed by atoms with Gasteiger partial charge in [-0.25, -0.2) is 14.9 Å². The van der Waals surface area contributed by atoms with E-state index in [0.717, 1.165) is 17.3 Å². The van der Waals surface area contributed by atoms with Gasteiger partial charge in [0.25, 0.3) is 0 Å². The third-order valence-corrected chi connectivity index (χ3v) is 8.22. The average molecular weight is 528 g/mol. The van der Waals surface area contributed by atoms with Gasteiger partial charge in [-0.2, -0.15) is 0 Å². The Hall–Kier alpha value is -2.79. The zero-order chi connectivity index (χ0) is 26.3. The summed E-state index contributed by atoms with van der Waals surface area (Å²) in [4.78, 5) is 23.9. The van der Waals surface area contributed by atoms with E-state index in [2.05, 4.69) is 14.9 Å². The number of benzene rings is 1. The predicted molar refractivity (Wildman–Crippen MR) is 142 cm³/mol. The number of carbonyl (C=O) groups is 1. The lowest BCUT2D eigenvalue weighted by Crippen LogP contribution is -2.48. The van der Waals surface area contributed by atoms with E-state index in [1.807, 2.05) is 23.7 Å². The van der Waals surface area contributed by atoms with Crippen molar-refractivity contribution in [2.45, 2.75) is 43.4 Å². The summed E-state index contributed by atoms with van der Waals surface area (Å²) in [5.74, 6) is 1.06. The molecule has 37 heavy (non-hydrogen) atoms. The molecule has 8 nitrogen and oxygen atoms in total. The van der Waals surface area contributed by atoms with Crippen molar-refractivity contribution >= 4 is 28.6 Å². The number of piperidine rings is 1. The number of hydrogen-bond donors (Lipinski definition) is 3. The van der Waals surface area contributed by atoms with Crippen LogP contribution < -0.4 is 16.0 Å². The summed E-state index contributed by atoms with van der Waals surface area (Å²) in [6.45, 7) is 2.44. The number of ether oxygens (including phenoxy) is 1. The molecule has 198 valence electrons. The van der Waals surface area contributed by atoms with Crippen LogP contribution in [0.1, 0.15) is 43.0 Å². The molecule has 1 aliphatic rings. The maximum atomic E-state index is 15.9. The summed E-state index contributed by atoms with van der Waals surface area (Å²) in [6, 6.07) is 11.2. The van der Waals surface area contributed by atoms with Gasteiger partial charge >= 0.3 is 0 Å². The van der Waals surface area contributed by atoms with Crippen LogP contribution in [-0.4, -0.2) is 58.5 Å². The van der Waals surface area contributed by atoms with Gasteiger partial charge < -0.3 is 15.4 Å². The Balaban J connectivity index is 1.43. The SMILES string of the molecule is COc1ccc2ncc(CN)c([C@H](F)CCC3(C(=O)NO)CCN(CCSc4ccccn4)CC3)c2c1. The number of methoxy groups -OCH3 is 1. The van der Waals surface area contributed by atoms with Crippen LogP contribution in [0, 0.1) is 5.41 Å². The number of nitrogens with one attached hydrogen (secondary N) is 1. The number of thioether (sulfide) groups is 1. The second kappa shape index (κ2) is 12.6. The number of rotatable bonds is 11. The second-order valence-corrected chi connectivity index (χ2v) is 10.5. The zero-order valence-electron chi connectivity index (χ0n) is 21.0. The number of hydroxylamine groups is 1. The van der Waals surface area contributed by atoms with E-state index >= 15 is 4.39 Å². The molecule has 0 saturated carbocycles. The number of carbonyl (C=O) groups excluding carboxylic acids is 1. The molecule has 1 aromatic carbocycles. The Kier molecular flexibility index (Phi) is 9.31. The van der Waals surface area contributed by atoms with Crippen molar-refractivity contribution in [2.24, 2.45) is 11.1 Å². The van der Waals surface area contributed by atoms with E-state index in [1.54, 1.807) is 49.5 Å². The van der Waals surface area contributed by atoms with Crippen LogP contribution >= 0.6 is 11.8 Å². The van der Waals surface area contributed by atoms with Crippen LogP contribution in [0.4, 0.5) is 4.39 Å². The van der Waals surface area contributed by atoms with Crippen molar-refractivity contribution in [3.05, 3.63) is 59.9 Å². The molecule has 0 radical (unpaired) electrons. The van der Waals surface area contributed by atoms with Gasteiger partial charge in [0, 0.05) is 42.2 Å². The Bertz CT molecular complexity index is 1190. The number of aromatic nitrogens is 2. The van der Waals surface area contributed by atoms with Crippen LogP contribution in [0.25, 0.3) is 10.9 Å². The van der Waals surface area contributed by atoms with Crippen molar-refractivity contribution < 1.29 is 19.1 Å². The number of alkyl halides is 1. The van der Waals surface area contributed by atoms with E-state index in [4.69, 9.17) is 10.5 Å². The number of halogens is 1. The molecular weight excluding hydrogens is 493 g/mol. The van der Waals surface area contributed by atoms with Crippen LogP contribution in [0.3, 0.4) is 0 Å². The fourth-order valence-corrected chi connectivity index (χ4v) is 5.93. The van der Waals surface area contributed by atoms with Gasteiger partial charge in [0.15, 0.2) is 0 Å². The Labute approximate surface area is 220 Å². The molecule has 2 aromatic heterocycles. The molecule has 0 aliphatic carbocycles. The van der Waals surface area contributed by atoms with Gasteiger partial charge in [0.05, 0.1) is 23.1 Å². The Morgan fingerprint density at radius 3 is 2.78 bits per heavy atom. The molecule has 1 amide bonds. The zero-order valence-corrected chi connectivity index (χ0v) is 21.8. The summed E-state index contributed by atoms with van der Waals surface area (Å²) < 4.78 is 21.2. The molecule has 0 bridgehead atoms. The largest absolute Gasteiger partial charge is 0.497 e. The lowest BCUT2D eigenvalue weighted by molar-refractivity contribution is -0.143. The molecule has 0 unspecified atom stereocenters. The summed E-state index contributed by atoms with van der Waals surface area (Å²) >= 11 is 1.70. The number of nitrogens with two attached hydrogens (primary N) is 1. The lowest BCUT2D eigenvalue weighted by atomic mass is 9.73. The third kappa shape index (κ3) is 6.38. The normalized spacial score (nSPS) is 16.4. The number of hydrogen-bond acceptors (Lipinski definition) is 8. The van der Waals surface area contributed by atoms with E-state index in [1.165, 1.54) is 0 Å². The molecule has 1 saturated heterocycles. The highest BCUT2D eigenvalue weighted by Gasteiger charge is 2.41. The Morgan fingerprint density at radius 1 is 1.30 bits per heavy atom. The minimum Gasteiger partial charge on any atom is -0.497 e. The van der Waals surface area contributed by atoms with Gasteiger partial charge in [0.2, 0.25) is 5.91 Å². The van der Waals surface area contributed by atoms with E-state index < -0.39 is 17.5 Å². The molecule has 4 N–H and O–H groups in total. The highest BCUT2D eigenvalue weighted by atomic mass is 32.2. The number of amides is 1. The quantitative estimate of drug-likeness (QED) is 0.193. The monoisotopic (exact) mass is 527 g/mol.